The zero-order valence-electron chi connectivity index (χ0n) is 14.4. The van der Waals surface area contributed by atoms with Gasteiger partial charge in [0.15, 0.2) is 0 Å². The molecule has 0 saturated carbocycles. The van der Waals surface area contributed by atoms with Gasteiger partial charge in [-0.05, 0) is 54.4 Å². The second-order valence-corrected chi connectivity index (χ2v) is 7.59. The minimum atomic E-state index is 0.0882. The SMILES string of the molecule is O=C1CCc2cc(N3CCN(C(=O)c4ccc(Br)cc4)CC3)ccc2N1. The Balaban J connectivity index is 1.41. The number of piperazine rings is 1. The highest BCUT2D eigenvalue weighted by Gasteiger charge is 2.23. The average Bonchev–Trinajstić information content (AvgIpc) is 2.68. The summed E-state index contributed by atoms with van der Waals surface area (Å²) < 4.78 is 0.975. The molecule has 2 amide bonds. The van der Waals surface area contributed by atoms with Gasteiger partial charge in [-0.3, -0.25) is 9.59 Å². The van der Waals surface area contributed by atoms with Crippen LogP contribution in [-0.4, -0.2) is 42.9 Å². The van der Waals surface area contributed by atoms with E-state index in [1.165, 1.54) is 5.56 Å². The molecule has 2 aromatic carbocycles. The lowest BCUT2D eigenvalue weighted by Gasteiger charge is -2.36. The van der Waals surface area contributed by atoms with E-state index in [-0.39, 0.29) is 11.8 Å². The van der Waals surface area contributed by atoms with E-state index in [2.05, 4.69) is 38.3 Å². The second kappa shape index (κ2) is 7.11. The highest BCUT2D eigenvalue weighted by Crippen LogP contribution is 2.28. The summed E-state index contributed by atoms with van der Waals surface area (Å²) in [6.45, 7) is 3.05. The van der Waals surface area contributed by atoms with Crippen LogP contribution in [-0.2, 0) is 11.2 Å². The average molecular weight is 414 g/mol. The van der Waals surface area contributed by atoms with E-state index in [1.54, 1.807) is 0 Å². The molecule has 1 saturated heterocycles. The number of halogens is 1. The summed E-state index contributed by atoms with van der Waals surface area (Å²) in [7, 11) is 0. The molecule has 0 unspecified atom stereocenters. The molecule has 0 atom stereocenters. The van der Waals surface area contributed by atoms with Crippen LogP contribution in [0.4, 0.5) is 11.4 Å². The number of amides is 2. The Bertz CT molecular complexity index is 843. The van der Waals surface area contributed by atoms with Gasteiger partial charge < -0.3 is 15.1 Å². The van der Waals surface area contributed by atoms with Crippen molar-refractivity contribution in [3.8, 4) is 0 Å². The summed E-state index contributed by atoms with van der Waals surface area (Å²) in [5, 5.41) is 2.92. The molecule has 5 nitrogen and oxygen atoms in total. The lowest BCUT2D eigenvalue weighted by Crippen LogP contribution is -2.48. The third-order valence-corrected chi connectivity index (χ3v) is 5.54. The first-order chi connectivity index (χ1) is 12.6. The number of aryl methyl sites for hydroxylation is 1. The number of carbonyl (C=O) groups excluding carboxylic acids is 2. The molecule has 0 bridgehead atoms. The molecule has 0 aliphatic carbocycles. The van der Waals surface area contributed by atoms with Gasteiger partial charge in [-0.1, -0.05) is 15.9 Å². The number of fused-ring (bicyclic) bond motifs is 1. The van der Waals surface area contributed by atoms with Crippen molar-refractivity contribution in [3.63, 3.8) is 0 Å². The van der Waals surface area contributed by atoms with Gasteiger partial charge in [0.05, 0.1) is 0 Å². The maximum atomic E-state index is 12.6. The van der Waals surface area contributed by atoms with Gasteiger partial charge in [0.2, 0.25) is 5.91 Å². The summed E-state index contributed by atoms with van der Waals surface area (Å²) >= 11 is 3.40. The van der Waals surface area contributed by atoms with Gasteiger partial charge in [-0.25, -0.2) is 0 Å². The molecule has 0 aromatic heterocycles. The molecule has 1 fully saturated rings. The molecular formula is C20H20BrN3O2. The van der Waals surface area contributed by atoms with Crippen LogP contribution in [0.25, 0.3) is 0 Å². The van der Waals surface area contributed by atoms with Crippen LogP contribution in [0.3, 0.4) is 0 Å². The molecule has 0 radical (unpaired) electrons. The number of rotatable bonds is 2. The maximum absolute atomic E-state index is 12.6. The van der Waals surface area contributed by atoms with E-state index >= 15 is 0 Å². The fourth-order valence-corrected chi connectivity index (χ4v) is 3.77. The lowest BCUT2D eigenvalue weighted by atomic mass is 10.0. The van der Waals surface area contributed by atoms with Crippen molar-refractivity contribution in [1.29, 1.82) is 0 Å². The molecular weight excluding hydrogens is 394 g/mol. The van der Waals surface area contributed by atoms with Gasteiger partial charge >= 0.3 is 0 Å². The van der Waals surface area contributed by atoms with Crippen LogP contribution in [0.1, 0.15) is 22.3 Å². The number of carbonyl (C=O) groups is 2. The van der Waals surface area contributed by atoms with Crippen LogP contribution in [0, 0.1) is 0 Å². The van der Waals surface area contributed by atoms with E-state index in [9.17, 15) is 9.59 Å². The first-order valence-electron chi connectivity index (χ1n) is 8.83. The largest absolute Gasteiger partial charge is 0.368 e. The number of hydrogen-bond donors (Lipinski definition) is 1. The van der Waals surface area contributed by atoms with E-state index in [1.807, 2.05) is 35.2 Å². The number of nitrogens with zero attached hydrogens (tertiary/aromatic N) is 2. The van der Waals surface area contributed by atoms with Crippen LogP contribution in [0.2, 0.25) is 0 Å². The molecule has 0 spiro atoms. The number of anilines is 2. The predicted molar refractivity (Wildman–Crippen MR) is 106 cm³/mol. The molecule has 2 heterocycles. The number of benzene rings is 2. The fraction of sp³-hybridized carbons (Fsp3) is 0.300. The first-order valence-corrected chi connectivity index (χ1v) is 9.62. The lowest BCUT2D eigenvalue weighted by molar-refractivity contribution is -0.116. The van der Waals surface area contributed by atoms with E-state index in [0.717, 1.165) is 40.9 Å². The number of hydrogen-bond acceptors (Lipinski definition) is 3. The van der Waals surface area contributed by atoms with Gasteiger partial charge in [0.25, 0.3) is 5.91 Å². The quantitative estimate of drug-likeness (QED) is 0.821. The summed E-state index contributed by atoms with van der Waals surface area (Å²) in [6, 6.07) is 13.7. The Hall–Kier alpha value is -2.34. The Kier molecular flexibility index (Phi) is 4.68. The normalized spacial score (nSPS) is 16.9. The second-order valence-electron chi connectivity index (χ2n) is 6.68. The van der Waals surface area contributed by atoms with Gasteiger partial charge in [0, 0.05) is 54.0 Å². The van der Waals surface area contributed by atoms with Crippen molar-refractivity contribution in [2.45, 2.75) is 12.8 Å². The van der Waals surface area contributed by atoms with Crippen LogP contribution in [0.15, 0.2) is 46.9 Å². The zero-order chi connectivity index (χ0) is 18.1. The van der Waals surface area contributed by atoms with E-state index in [4.69, 9.17) is 0 Å². The molecule has 2 aliphatic heterocycles. The van der Waals surface area contributed by atoms with E-state index < -0.39 is 0 Å². The fourth-order valence-electron chi connectivity index (χ4n) is 3.51. The molecule has 134 valence electrons. The highest BCUT2D eigenvalue weighted by molar-refractivity contribution is 9.10. The molecule has 1 N–H and O–H groups in total. The third kappa shape index (κ3) is 3.46. The minimum absolute atomic E-state index is 0.0882. The molecule has 4 rings (SSSR count). The molecule has 2 aromatic rings. The van der Waals surface area contributed by atoms with Crippen molar-refractivity contribution in [2.24, 2.45) is 0 Å². The zero-order valence-corrected chi connectivity index (χ0v) is 16.0. The summed E-state index contributed by atoms with van der Waals surface area (Å²) in [5.41, 5.74) is 4.01. The van der Waals surface area contributed by atoms with Crippen LogP contribution < -0.4 is 10.2 Å². The number of nitrogens with one attached hydrogen (secondary N) is 1. The Morgan fingerprint density at radius 2 is 1.69 bits per heavy atom. The Morgan fingerprint density at radius 3 is 2.42 bits per heavy atom. The van der Waals surface area contributed by atoms with Crippen molar-refractivity contribution < 1.29 is 9.59 Å². The van der Waals surface area contributed by atoms with Gasteiger partial charge in [-0.2, -0.15) is 0 Å². The molecule has 6 heteroatoms. The van der Waals surface area contributed by atoms with Crippen molar-refractivity contribution in [1.82, 2.24) is 4.90 Å². The van der Waals surface area contributed by atoms with Crippen molar-refractivity contribution in [3.05, 3.63) is 58.1 Å². The van der Waals surface area contributed by atoms with Crippen molar-refractivity contribution >= 4 is 39.1 Å². The summed E-state index contributed by atoms with van der Waals surface area (Å²) in [4.78, 5) is 28.3. The van der Waals surface area contributed by atoms with E-state index in [0.29, 0.717) is 19.5 Å². The Labute approximate surface area is 161 Å². The Morgan fingerprint density at radius 1 is 0.962 bits per heavy atom. The van der Waals surface area contributed by atoms with Gasteiger partial charge in [-0.15, -0.1) is 0 Å². The standard InChI is InChI=1S/C20H20BrN3O2/c21-16-4-1-14(2-5-16)20(26)24-11-9-23(10-12-24)17-6-7-18-15(13-17)3-8-19(25)22-18/h1-2,4-7,13H,3,8-12H2,(H,22,25). The summed E-state index contributed by atoms with van der Waals surface area (Å²) in [6.07, 6.45) is 1.34. The minimum Gasteiger partial charge on any atom is -0.368 e. The highest BCUT2D eigenvalue weighted by atomic mass is 79.9. The van der Waals surface area contributed by atoms with Crippen LogP contribution >= 0.6 is 15.9 Å². The molecule has 2 aliphatic rings. The first kappa shape index (κ1) is 17.1. The maximum Gasteiger partial charge on any atom is 0.253 e. The monoisotopic (exact) mass is 413 g/mol. The smallest absolute Gasteiger partial charge is 0.253 e. The van der Waals surface area contributed by atoms with Crippen LogP contribution in [0.5, 0.6) is 0 Å². The summed E-state index contributed by atoms with van der Waals surface area (Å²) in [5.74, 6) is 0.177. The molecule has 26 heavy (non-hydrogen) atoms. The van der Waals surface area contributed by atoms with Crippen molar-refractivity contribution in [2.75, 3.05) is 36.4 Å². The third-order valence-electron chi connectivity index (χ3n) is 5.01. The van der Waals surface area contributed by atoms with Gasteiger partial charge in [0.1, 0.15) is 0 Å². The topological polar surface area (TPSA) is 52.7 Å². The predicted octanol–water partition coefficient (Wildman–Crippen LogP) is 3.30.